The van der Waals surface area contributed by atoms with Crippen molar-refractivity contribution in [3.05, 3.63) is 29.8 Å². The van der Waals surface area contributed by atoms with Crippen molar-refractivity contribution in [1.29, 1.82) is 0 Å². The van der Waals surface area contributed by atoms with Gasteiger partial charge in [0.1, 0.15) is 11.6 Å². The van der Waals surface area contributed by atoms with Gasteiger partial charge in [-0.1, -0.05) is 0 Å². The Morgan fingerprint density at radius 3 is 3.00 bits per heavy atom. The topological polar surface area (TPSA) is 44.1 Å². The largest absolute Gasteiger partial charge is 0.469 e. The summed E-state index contributed by atoms with van der Waals surface area (Å²) >= 11 is 5.74. The van der Waals surface area contributed by atoms with E-state index in [0.29, 0.717) is 24.4 Å². The number of carbonyl (C=O) groups is 1. The molecule has 4 nitrogen and oxygen atoms in total. The van der Waals surface area contributed by atoms with Crippen LogP contribution in [0.15, 0.2) is 18.2 Å². The predicted molar refractivity (Wildman–Crippen MR) is 70.7 cm³/mol. The van der Waals surface area contributed by atoms with Gasteiger partial charge in [0.2, 0.25) is 0 Å². The molecule has 0 aliphatic carbocycles. The number of imidazole rings is 1. The number of esters is 1. The third-order valence-electron chi connectivity index (χ3n) is 2.87. The monoisotopic (exact) mass is 284 g/mol. The van der Waals surface area contributed by atoms with E-state index in [-0.39, 0.29) is 18.2 Å². The Bertz CT molecular complexity index is 598. The van der Waals surface area contributed by atoms with Gasteiger partial charge in [-0.3, -0.25) is 4.79 Å². The Kier molecular flexibility index (Phi) is 4.37. The summed E-state index contributed by atoms with van der Waals surface area (Å²) in [4.78, 5) is 15.6. The lowest BCUT2D eigenvalue weighted by atomic mass is 10.3. The number of rotatable bonds is 5. The summed E-state index contributed by atoms with van der Waals surface area (Å²) in [6.07, 6.45) is 0.813. The second-order valence-corrected chi connectivity index (χ2v) is 4.46. The molecular formula is C13H14ClFN2O2. The van der Waals surface area contributed by atoms with Gasteiger partial charge in [-0.2, -0.15) is 0 Å². The second kappa shape index (κ2) is 6.02. The average molecular weight is 285 g/mol. The highest BCUT2D eigenvalue weighted by atomic mass is 35.5. The van der Waals surface area contributed by atoms with Crippen molar-refractivity contribution in [2.24, 2.45) is 0 Å². The quantitative estimate of drug-likeness (QED) is 0.626. The first-order chi connectivity index (χ1) is 9.15. The summed E-state index contributed by atoms with van der Waals surface area (Å²) in [6.45, 7) is 0.445. The van der Waals surface area contributed by atoms with Crippen LogP contribution in [0.2, 0.25) is 0 Å². The van der Waals surface area contributed by atoms with Gasteiger partial charge in [-0.15, -0.1) is 11.6 Å². The van der Waals surface area contributed by atoms with E-state index in [4.69, 9.17) is 11.6 Å². The lowest BCUT2D eigenvalue weighted by Gasteiger charge is -2.07. The number of fused-ring (bicyclic) bond motifs is 1. The standard InChI is InChI=1S/C13H14ClFN2O2/c1-19-13(18)5-7-17-11-3-2-9(15)8-10(11)16-12(17)4-6-14/h2-3,8H,4-7H2,1H3. The minimum Gasteiger partial charge on any atom is -0.469 e. The van der Waals surface area contributed by atoms with E-state index in [0.717, 1.165) is 11.3 Å². The molecule has 1 aromatic carbocycles. The maximum absolute atomic E-state index is 13.2. The molecule has 1 heterocycles. The van der Waals surface area contributed by atoms with Crippen molar-refractivity contribution in [3.63, 3.8) is 0 Å². The van der Waals surface area contributed by atoms with E-state index in [9.17, 15) is 9.18 Å². The Hall–Kier alpha value is -1.62. The van der Waals surface area contributed by atoms with Gasteiger partial charge in [0.05, 0.1) is 24.6 Å². The molecule has 0 saturated heterocycles. The second-order valence-electron chi connectivity index (χ2n) is 4.08. The fourth-order valence-electron chi connectivity index (χ4n) is 1.98. The van der Waals surface area contributed by atoms with Crippen LogP contribution in [-0.4, -0.2) is 28.5 Å². The van der Waals surface area contributed by atoms with Crippen molar-refractivity contribution < 1.29 is 13.9 Å². The molecule has 0 bridgehead atoms. The fourth-order valence-corrected chi connectivity index (χ4v) is 2.15. The lowest BCUT2D eigenvalue weighted by molar-refractivity contribution is -0.140. The SMILES string of the molecule is COC(=O)CCn1c(CCCl)nc2cc(F)ccc21. The Balaban J connectivity index is 2.37. The van der Waals surface area contributed by atoms with E-state index in [1.54, 1.807) is 6.07 Å². The van der Waals surface area contributed by atoms with Crippen LogP contribution in [0.25, 0.3) is 11.0 Å². The molecule has 0 amide bonds. The Morgan fingerprint density at radius 1 is 1.53 bits per heavy atom. The number of nitrogens with zero attached hydrogens (tertiary/aromatic N) is 2. The summed E-state index contributed by atoms with van der Waals surface area (Å²) in [5.41, 5.74) is 1.37. The number of hydrogen-bond acceptors (Lipinski definition) is 3. The highest BCUT2D eigenvalue weighted by Crippen LogP contribution is 2.19. The van der Waals surface area contributed by atoms with Crippen molar-refractivity contribution >= 4 is 28.6 Å². The molecule has 0 atom stereocenters. The summed E-state index contributed by atoms with van der Waals surface area (Å²) in [5.74, 6) is 0.548. The molecule has 1 aromatic heterocycles. The minimum absolute atomic E-state index is 0.245. The number of carbonyl (C=O) groups excluding carboxylic acids is 1. The molecule has 102 valence electrons. The lowest BCUT2D eigenvalue weighted by Crippen LogP contribution is -2.10. The molecule has 6 heteroatoms. The third-order valence-corrected chi connectivity index (χ3v) is 3.06. The van der Waals surface area contributed by atoms with Crippen LogP contribution in [0, 0.1) is 5.82 Å². The summed E-state index contributed by atoms with van der Waals surface area (Å²) in [7, 11) is 1.35. The maximum Gasteiger partial charge on any atom is 0.307 e. The van der Waals surface area contributed by atoms with E-state index >= 15 is 0 Å². The van der Waals surface area contributed by atoms with Crippen LogP contribution in [0.1, 0.15) is 12.2 Å². The van der Waals surface area contributed by atoms with Gasteiger partial charge in [-0.25, -0.2) is 9.37 Å². The van der Waals surface area contributed by atoms with Crippen LogP contribution < -0.4 is 0 Å². The smallest absolute Gasteiger partial charge is 0.307 e. The number of methoxy groups -OCH3 is 1. The van der Waals surface area contributed by atoms with Gasteiger partial charge >= 0.3 is 5.97 Å². The molecule has 2 aromatic rings. The zero-order chi connectivity index (χ0) is 13.8. The molecule has 0 N–H and O–H groups in total. The zero-order valence-corrected chi connectivity index (χ0v) is 11.3. The van der Waals surface area contributed by atoms with Crippen LogP contribution in [0.5, 0.6) is 0 Å². The van der Waals surface area contributed by atoms with E-state index in [2.05, 4.69) is 9.72 Å². The maximum atomic E-state index is 13.2. The van der Waals surface area contributed by atoms with Crippen LogP contribution in [-0.2, 0) is 22.5 Å². The van der Waals surface area contributed by atoms with Gasteiger partial charge in [-0.05, 0) is 12.1 Å². The van der Waals surface area contributed by atoms with Crippen LogP contribution in [0.3, 0.4) is 0 Å². The van der Waals surface area contributed by atoms with Crippen molar-refractivity contribution in [2.45, 2.75) is 19.4 Å². The number of ether oxygens (including phenoxy) is 1. The minimum atomic E-state index is -0.331. The van der Waals surface area contributed by atoms with Crippen molar-refractivity contribution in [1.82, 2.24) is 9.55 Å². The number of benzene rings is 1. The number of hydrogen-bond donors (Lipinski definition) is 0. The number of aromatic nitrogens is 2. The molecule has 0 fully saturated rings. The molecule has 0 aliphatic heterocycles. The van der Waals surface area contributed by atoms with Gasteiger partial charge in [0, 0.05) is 24.9 Å². The molecule has 0 radical (unpaired) electrons. The highest BCUT2D eigenvalue weighted by molar-refractivity contribution is 6.17. The Labute approximate surface area is 115 Å². The average Bonchev–Trinajstić information content (AvgIpc) is 2.73. The first-order valence-electron chi connectivity index (χ1n) is 5.93. The van der Waals surface area contributed by atoms with E-state index in [1.165, 1.54) is 19.2 Å². The summed E-state index contributed by atoms with van der Waals surface area (Å²) in [6, 6.07) is 4.41. The van der Waals surface area contributed by atoms with Gasteiger partial charge < -0.3 is 9.30 Å². The molecule has 0 saturated carbocycles. The molecule has 0 unspecified atom stereocenters. The molecule has 2 rings (SSSR count). The Morgan fingerprint density at radius 2 is 2.32 bits per heavy atom. The van der Waals surface area contributed by atoms with Gasteiger partial charge in [0.15, 0.2) is 0 Å². The van der Waals surface area contributed by atoms with E-state index < -0.39 is 0 Å². The molecular weight excluding hydrogens is 271 g/mol. The predicted octanol–water partition coefficient (Wildman–Crippen LogP) is 2.52. The van der Waals surface area contributed by atoms with Gasteiger partial charge in [0.25, 0.3) is 0 Å². The van der Waals surface area contributed by atoms with Crippen LogP contribution in [0.4, 0.5) is 4.39 Å². The zero-order valence-electron chi connectivity index (χ0n) is 10.5. The molecule has 0 aliphatic rings. The third kappa shape index (κ3) is 3.04. The normalized spacial score (nSPS) is 10.9. The van der Waals surface area contributed by atoms with Crippen LogP contribution >= 0.6 is 11.6 Å². The summed E-state index contributed by atoms with van der Waals surface area (Å²) in [5, 5.41) is 0. The number of aryl methyl sites for hydroxylation is 2. The van der Waals surface area contributed by atoms with E-state index in [1.807, 2.05) is 4.57 Å². The first kappa shape index (κ1) is 13.8. The molecule has 19 heavy (non-hydrogen) atoms. The van der Waals surface area contributed by atoms with Crippen molar-refractivity contribution in [2.75, 3.05) is 13.0 Å². The number of alkyl halides is 1. The first-order valence-corrected chi connectivity index (χ1v) is 6.46. The fraction of sp³-hybridized carbons (Fsp3) is 0.385. The summed E-state index contributed by atoms with van der Waals surface area (Å²) < 4.78 is 19.7. The highest BCUT2D eigenvalue weighted by Gasteiger charge is 2.12. The van der Waals surface area contributed by atoms with Crippen molar-refractivity contribution in [3.8, 4) is 0 Å². The number of halogens is 2. The molecule has 0 spiro atoms.